The smallest absolute Gasteiger partial charge is 0.349 e. The molecule has 2 heterocycles. The zero-order chi connectivity index (χ0) is 12.6. The Bertz CT molecular complexity index is 473. The van der Waals surface area contributed by atoms with Crippen molar-refractivity contribution in [2.45, 2.75) is 24.7 Å². The number of anilines is 1. The Hall–Kier alpha value is -1.44. The van der Waals surface area contributed by atoms with E-state index in [4.69, 9.17) is 15.6 Å². The zero-order valence-corrected chi connectivity index (χ0v) is 9.41. The van der Waals surface area contributed by atoms with Crippen molar-refractivity contribution in [3.8, 4) is 0 Å². The van der Waals surface area contributed by atoms with Gasteiger partial charge in [0.25, 0.3) is 0 Å². The summed E-state index contributed by atoms with van der Waals surface area (Å²) < 4.78 is 6.75. The molecule has 1 aliphatic heterocycles. The van der Waals surface area contributed by atoms with E-state index in [0.717, 1.165) is 0 Å². The Kier molecular flexibility index (Phi) is 3.14. The quantitative estimate of drug-likeness (QED) is 0.584. The summed E-state index contributed by atoms with van der Waals surface area (Å²) in [6.07, 6.45) is 0.0802. The highest BCUT2D eigenvalue weighted by molar-refractivity contribution is 5.39. The Morgan fingerprint density at radius 2 is 2.41 bits per heavy atom. The van der Waals surface area contributed by atoms with Crippen molar-refractivity contribution in [1.82, 2.24) is 9.55 Å². The molecule has 7 heteroatoms. The van der Waals surface area contributed by atoms with Gasteiger partial charge in [0.15, 0.2) is 0 Å². The van der Waals surface area contributed by atoms with Gasteiger partial charge < -0.3 is 25.3 Å². The topological polar surface area (TPSA) is 111 Å². The Morgan fingerprint density at radius 3 is 3.00 bits per heavy atom. The van der Waals surface area contributed by atoms with E-state index in [1.807, 2.05) is 0 Å². The van der Waals surface area contributed by atoms with Crippen LogP contribution >= 0.6 is 0 Å². The lowest BCUT2D eigenvalue weighted by Crippen LogP contribution is -2.24. The number of aromatic nitrogens is 2. The SMILES string of the molecule is Cn1cc(C2CC(O)C(CO)O2)c(N)nc1=O. The molecule has 3 unspecified atom stereocenters. The molecule has 2 rings (SSSR count). The van der Waals surface area contributed by atoms with Gasteiger partial charge in [-0.1, -0.05) is 0 Å². The average Bonchev–Trinajstić information content (AvgIpc) is 2.65. The van der Waals surface area contributed by atoms with Gasteiger partial charge in [-0.3, -0.25) is 0 Å². The van der Waals surface area contributed by atoms with Crippen LogP contribution in [0, 0.1) is 0 Å². The summed E-state index contributed by atoms with van der Waals surface area (Å²) in [5.74, 6) is 0.101. The van der Waals surface area contributed by atoms with Crippen LogP contribution in [0.2, 0.25) is 0 Å². The number of aliphatic hydroxyl groups excluding tert-OH is 2. The third kappa shape index (κ3) is 2.17. The lowest BCUT2D eigenvalue weighted by molar-refractivity contribution is -0.0225. The summed E-state index contributed by atoms with van der Waals surface area (Å²) in [4.78, 5) is 14.9. The van der Waals surface area contributed by atoms with Gasteiger partial charge in [0, 0.05) is 25.2 Å². The summed E-state index contributed by atoms with van der Waals surface area (Å²) in [6.45, 7) is -0.253. The number of nitrogens with two attached hydrogens (primary N) is 1. The minimum atomic E-state index is -0.735. The summed E-state index contributed by atoms with van der Waals surface area (Å²) in [6, 6.07) is 0. The number of rotatable bonds is 2. The first kappa shape index (κ1) is 12.0. The fourth-order valence-corrected chi connectivity index (χ4v) is 1.92. The van der Waals surface area contributed by atoms with Crippen molar-refractivity contribution in [1.29, 1.82) is 0 Å². The molecule has 0 bridgehead atoms. The summed E-state index contributed by atoms with van der Waals surface area (Å²) in [5, 5.41) is 18.6. The molecule has 17 heavy (non-hydrogen) atoms. The molecule has 0 spiro atoms. The molecule has 0 saturated carbocycles. The third-order valence-corrected chi connectivity index (χ3v) is 2.90. The number of aryl methyl sites for hydroxylation is 1. The standard InChI is InChI=1S/C10H15N3O4/c1-13-3-5(9(11)12-10(13)16)7-2-6(15)8(4-14)17-7/h3,6-8,14-15H,2,4H2,1H3,(H2,11,12,16). The van der Waals surface area contributed by atoms with Crippen molar-refractivity contribution in [3.05, 3.63) is 22.2 Å². The molecule has 0 aliphatic carbocycles. The summed E-state index contributed by atoms with van der Waals surface area (Å²) in [7, 11) is 1.56. The Morgan fingerprint density at radius 1 is 1.71 bits per heavy atom. The van der Waals surface area contributed by atoms with Crippen LogP contribution in [-0.2, 0) is 11.8 Å². The van der Waals surface area contributed by atoms with Crippen LogP contribution in [0.3, 0.4) is 0 Å². The van der Waals surface area contributed by atoms with Gasteiger partial charge in [-0.05, 0) is 0 Å². The second-order valence-electron chi connectivity index (χ2n) is 4.12. The van der Waals surface area contributed by atoms with E-state index >= 15 is 0 Å². The summed E-state index contributed by atoms with van der Waals surface area (Å²) in [5.41, 5.74) is 5.77. The molecule has 1 aromatic rings. The Balaban J connectivity index is 2.30. The van der Waals surface area contributed by atoms with E-state index in [-0.39, 0.29) is 12.4 Å². The lowest BCUT2D eigenvalue weighted by Gasteiger charge is -2.14. The second-order valence-corrected chi connectivity index (χ2v) is 4.12. The second kappa shape index (κ2) is 4.44. The van der Waals surface area contributed by atoms with E-state index in [9.17, 15) is 9.90 Å². The van der Waals surface area contributed by atoms with Crippen LogP contribution in [0.4, 0.5) is 5.82 Å². The van der Waals surface area contributed by atoms with Crippen molar-refractivity contribution in [3.63, 3.8) is 0 Å². The van der Waals surface area contributed by atoms with Crippen LogP contribution in [0.15, 0.2) is 11.0 Å². The predicted octanol–water partition coefficient (Wildman–Crippen LogP) is -1.45. The molecule has 0 aromatic carbocycles. The highest BCUT2D eigenvalue weighted by atomic mass is 16.5. The minimum Gasteiger partial charge on any atom is -0.394 e. The van der Waals surface area contributed by atoms with Crippen LogP contribution in [0.25, 0.3) is 0 Å². The van der Waals surface area contributed by atoms with Gasteiger partial charge in [-0.25, -0.2) is 4.79 Å². The van der Waals surface area contributed by atoms with E-state index in [2.05, 4.69) is 4.98 Å². The van der Waals surface area contributed by atoms with Crippen LogP contribution in [-0.4, -0.2) is 38.6 Å². The molecule has 1 aromatic heterocycles. The van der Waals surface area contributed by atoms with Crippen molar-refractivity contribution >= 4 is 5.82 Å². The maximum Gasteiger partial charge on any atom is 0.349 e. The first-order chi connectivity index (χ1) is 8.02. The molecule has 1 saturated heterocycles. The van der Waals surface area contributed by atoms with E-state index in [1.54, 1.807) is 13.2 Å². The average molecular weight is 241 g/mol. The first-order valence-corrected chi connectivity index (χ1v) is 5.30. The highest BCUT2D eigenvalue weighted by Crippen LogP contribution is 2.34. The fraction of sp³-hybridized carbons (Fsp3) is 0.600. The minimum absolute atomic E-state index is 0.101. The van der Waals surface area contributed by atoms with Crippen molar-refractivity contribution in [2.24, 2.45) is 7.05 Å². The molecule has 94 valence electrons. The van der Waals surface area contributed by atoms with Crippen molar-refractivity contribution in [2.75, 3.05) is 12.3 Å². The number of aliphatic hydroxyl groups is 2. The Labute approximate surface area is 97.5 Å². The molecule has 4 N–H and O–H groups in total. The molecular weight excluding hydrogens is 226 g/mol. The number of nitrogens with zero attached hydrogens (tertiary/aromatic N) is 2. The monoisotopic (exact) mass is 241 g/mol. The van der Waals surface area contributed by atoms with Crippen LogP contribution < -0.4 is 11.4 Å². The maximum absolute atomic E-state index is 11.2. The molecule has 1 aliphatic rings. The normalized spacial score (nSPS) is 28.5. The number of nitrogen functional groups attached to an aromatic ring is 1. The van der Waals surface area contributed by atoms with Gasteiger partial charge in [0.05, 0.1) is 18.8 Å². The lowest BCUT2D eigenvalue weighted by atomic mass is 10.1. The molecule has 0 radical (unpaired) electrons. The van der Waals surface area contributed by atoms with Gasteiger partial charge in [-0.2, -0.15) is 4.98 Å². The van der Waals surface area contributed by atoms with Gasteiger partial charge >= 0.3 is 5.69 Å². The van der Waals surface area contributed by atoms with Crippen molar-refractivity contribution < 1.29 is 14.9 Å². The number of hydrogen-bond donors (Lipinski definition) is 3. The molecule has 1 fully saturated rings. The zero-order valence-electron chi connectivity index (χ0n) is 9.41. The molecular formula is C10H15N3O4. The highest BCUT2D eigenvalue weighted by Gasteiger charge is 2.35. The van der Waals surface area contributed by atoms with Gasteiger partial charge in [0.2, 0.25) is 0 Å². The first-order valence-electron chi connectivity index (χ1n) is 5.30. The number of ether oxygens (including phenoxy) is 1. The van der Waals surface area contributed by atoms with Crippen LogP contribution in [0.1, 0.15) is 18.1 Å². The predicted molar refractivity (Wildman–Crippen MR) is 59.2 cm³/mol. The molecule has 0 amide bonds. The van der Waals surface area contributed by atoms with Gasteiger partial charge in [-0.15, -0.1) is 0 Å². The molecule has 7 nitrogen and oxygen atoms in total. The summed E-state index contributed by atoms with van der Waals surface area (Å²) >= 11 is 0. The van der Waals surface area contributed by atoms with E-state index < -0.39 is 24.0 Å². The van der Waals surface area contributed by atoms with Gasteiger partial charge in [0.1, 0.15) is 11.9 Å². The number of hydrogen-bond acceptors (Lipinski definition) is 6. The maximum atomic E-state index is 11.2. The third-order valence-electron chi connectivity index (χ3n) is 2.90. The molecule has 3 atom stereocenters. The largest absolute Gasteiger partial charge is 0.394 e. The van der Waals surface area contributed by atoms with E-state index in [0.29, 0.717) is 12.0 Å². The fourth-order valence-electron chi connectivity index (χ4n) is 1.92. The van der Waals surface area contributed by atoms with Crippen LogP contribution in [0.5, 0.6) is 0 Å². The van der Waals surface area contributed by atoms with E-state index in [1.165, 1.54) is 4.57 Å².